The topological polar surface area (TPSA) is 75.7 Å². The van der Waals surface area contributed by atoms with Crippen LogP contribution in [0, 0.1) is 0 Å². The van der Waals surface area contributed by atoms with Gasteiger partial charge in [-0.2, -0.15) is 0 Å². The van der Waals surface area contributed by atoms with Gasteiger partial charge in [-0.1, -0.05) is 78.0 Å². The van der Waals surface area contributed by atoms with E-state index in [1.165, 1.54) is 22.3 Å². The molecular formula is C29H27ClN2O4S2. The van der Waals surface area contributed by atoms with Gasteiger partial charge in [-0.25, -0.2) is 8.42 Å². The van der Waals surface area contributed by atoms with Crippen LogP contribution in [0.25, 0.3) is 0 Å². The van der Waals surface area contributed by atoms with Crippen LogP contribution >= 0.6 is 23.4 Å². The Labute approximate surface area is 232 Å². The Kier molecular flexibility index (Phi) is 9.33. The number of halogens is 1. The zero-order valence-corrected chi connectivity index (χ0v) is 23.1. The Hall–Kier alpha value is -3.46. The van der Waals surface area contributed by atoms with Crippen molar-refractivity contribution in [3.8, 4) is 5.75 Å². The summed E-state index contributed by atoms with van der Waals surface area (Å²) in [6.07, 6.45) is 1.20. The molecule has 0 heterocycles. The van der Waals surface area contributed by atoms with Gasteiger partial charge in [0, 0.05) is 15.4 Å². The second kappa shape index (κ2) is 12.9. The third kappa shape index (κ3) is 7.54. The van der Waals surface area contributed by atoms with Crippen molar-refractivity contribution in [3.05, 3.63) is 119 Å². The van der Waals surface area contributed by atoms with Crippen LogP contribution in [-0.2, 0) is 16.6 Å². The molecule has 4 aromatic rings. The van der Waals surface area contributed by atoms with Crippen molar-refractivity contribution in [2.75, 3.05) is 23.7 Å². The van der Waals surface area contributed by atoms with Crippen LogP contribution in [0.1, 0.15) is 15.9 Å². The molecule has 1 N–H and O–H groups in total. The van der Waals surface area contributed by atoms with Crippen LogP contribution in [0.15, 0.2) is 113 Å². The zero-order chi connectivity index (χ0) is 27.0. The number of anilines is 1. The summed E-state index contributed by atoms with van der Waals surface area (Å²) < 4.78 is 32.6. The second-order valence-corrected chi connectivity index (χ2v) is 11.8. The van der Waals surface area contributed by atoms with Crippen LogP contribution in [0.5, 0.6) is 5.75 Å². The molecule has 0 saturated heterocycles. The molecule has 0 aliphatic rings. The number of para-hydroxylation sites is 2. The highest BCUT2D eigenvalue weighted by Crippen LogP contribution is 2.36. The molecule has 0 aliphatic heterocycles. The van der Waals surface area contributed by atoms with Crippen molar-refractivity contribution in [1.82, 2.24) is 5.32 Å². The van der Waals surface area contributed by atoms with Gasteiger partial charge in [0.25, 0.3) is 5.91 Å². The first-order valence-electron chi connectivity index (χ1n) is 11.9. The molecule has 6 nitrogen and oxygen atoms in total. The summed E-state index contributed by atoms with van der Waals surface area (Å²) in [6, 6.07) is 31.3. The SMILES string of the molecule is CS(=O)(=O)N(Cc1ccc(C(=O)NCCOc2ccccc2Cl)cc1)c1ccccc1Sc1ccccc1. The normalized spacial score (nSPS) is 11.1. The van der Waals surface area contributed by atoms with E-state index in [9.17, 15) is 13.2 Å². The fraction of sp³-hybridized carbons (Fsp3) is 0.138. The Morgan fingerprint density at radius 3 is 2.26 bits per heavy atom. The Balaban J connectivity index is 1.41. The highest BCUT2D eigenvalue weighted by molar-refractivity contribution is 7.99. The van der Waals surface area contributed by atoms with E-state index in [1.807, 2.05) is 60.7 Å². The van der Waals surface area contributed by atoms with Crippen LogP contribution < -0.4 is 14.4 Å². The van der Waals surface area contributed by atoms with Gasteiger partial charge in [0.05, 0.1) is 30.1 Å². The van der Waals surface area contributed by atoms with Crippen molar-refractivity contribution in [1.29, 1.82) is 0 Å². The van der Waals surface area contributed by atoms with Gasteiger partial charge in [0.2, 0.25) is 10.0 Å². The molecule has 4 aromatic carbocycles. The lowest BCUT2D eigenvalue weighted by Gasteiger charge is -2.25. The fourth-order valence-electron chi connectivity index (χ4n) is 3.66. The number of ether oxygens (including phenoxy) is 1. The first-order chi connectivity index (χ1) is 18.3. The third-order valence-electron chi connectivity index (χ3n) is 5.53. The number of carbonyl (C=O) groups excluding carboxylic acids is 1. The molecule has 1 amide bonds. The lowest BCUT2D eigenvalue weighted by Crippen LogP contribution is -2.30. The van der Waals surface area contributed by atoms with Crippen molar-refractivity contribution < 1.29 is 17.9 Å². The number of nitrogens with zero attached hydrogens (tertiary/aromatic N) is 1. The Bertz CT molecular complexity index is 1480. The van der Waals surface area contributed by atoms with Crippen molar-refractivity contribution in [3.63, 3.8) is 0 Å². The standard InChI is InChI=1S/C29H27ClN2O4S2/c1-38(34,35)32(26-12-6-8-14-28(26)37-24-9-3-2-4-10-24)21-22-15-17-23(18-16-22)29(33)31-19-20-36-27-13-7-5-11-25(27)30/h2-18H,19-21H2,1H3,(H,31,33). The highest BCUT2D eigenvalue weighted by Gasteiger charge is 2.21. The molecule has 0 fully saturated rings. The fourth-order valence-corrected chi connectivity index (χ4v) is 5.79. The Morgan fingerprint density at radius 1 is 0.895 bits per heavy atom. The maximum atomic E-state index is 12.8. The van der Waals surface area contributed by atoms with E-state index < -0.39 is 10.0 Å². The van der Waals surface area contributed by atoms with Gasteiger partial charge in [0.1, 0.15) is 12.4 Å². The quantitative estimate of drug-likeness (QED) is 0.217. The summed E-state index contributed by atoms with van der Waals surface area (Å²) in [4.78, 5) is 14.4. The summed E-state index contributed by atoms with van der Waals surface area (Å²) in [5.74, 6) is 0.316. The Morgan fingerprint density at radius 2 is 1.55 bits per heavy atom. The number of sulfonamides is 1. The van der Waals surface area contributed by atoms with Crippen LogP contribution in [-0.4, -0.2) is 33.7 Å². The molecule has 4 rings (SSSR count). The van der Waals surface area contributed by atoms with Gasteiger partial charge in [-0.3, -0.25) is 9.10 Å². The molecular weight excluding hydrogens is 540 g/mol. The summed E-state index contributed by atoms with van der Waals surface area (Å²) >= 11 is 7.58. The van der Waals surface area contributed by atoms with Crippen molar-refractivity contribution in [2.45, 2.75) is 16.3 Å². The molecule has 0 radical (unpaired) electrons. The maximum Gasteiger partial charge on any atom is 0.251 e. The number of amides is 1. The van der Waals surface area contributed by atoms with Crippen molar-refractivity contribution in [2.24, 2.45) is 0 Å². The average Bonchev–Trinajstić information content (AvgIpc) is 2.91. The van der Waals surface area contributed by atoms with Gasteiger partial charge >= 0.3 is 0 Å². The lowest BCUT2D eigenvalue weighted by molar-refractivity contribution is 0.0947. The van der Waals surface area contributed by atoms with E-state index in [0.29, 0.717) is 28.6 Å². The van der Waals surface area contributed by atoms with E-state index in [4.69, 9.17) is 16.3 Å². The predicted molar refractivity (Wildman–Crippen MR) is 154 cm³/mol. The molecule has 0 atom stereocenters. The van der Waals surface area contributed by atoms with Gasteiger partial charge in [-0.05, 0) is 54.1 Å². The number of rotatable bonds is 11. The van der Waals surface area contributed by atoms with E-state index in [2.05, 4.69) is 5.32 Å². The first-order valence-corrected chi connectivity index (χ1v) is 14.9. The average molecular weight is 567 g/mol. The molecule has 0 saturated carbocycles. The smallest absolute Gasteiger partial charge is 0.251 e. The second-order valence-electron chi connectivity index (χ2n) is 8.38. The van der Waals surface area contributed by atoms with Crippen molar-refractivity contribution >= 4 is 45.0 Å². The lowest BCUT2D eigenvalue weighted by atomic mass is 10.1. The monoisotopic (exact) mass is 566 g/mol. The number of nitrogens with one attached hydrogen (secondary N) is 1. The molecule has 0 aromatic heterocycles. The van der Waals surface area contributed by atoms with Gasteiger partial charge in [-0.15, -0.1) is 0 Å². The number of hydrogen-bond acceptors (Lipinski definition) is 5. The van der Waals surface area contributed by atoms with Gasteiger partial charge in [0.15, 0.2) is 0 Å². The van der Waals surface area contributed by atoms with E-state index in [0.717, 1.165) is 15.4 Å². The first kappa shape index (κ1) is 27.6. The summed E-state index contributed by atoms with van der Waals surface area (Å²) in [5, 5.41) is 3.33. The minimum Gasteiger partial charge on any atom is -0.490 e. The van der Waals surface area contributed by atoms with Crippen LogP contribution in [0.3, 0.4) is 0 Å². The predicted octanol–water partition coefficient (Wildman–Crippen LogP) is 6.27. The molecule has 0 bridgehead atoms. The van der Waals surface area contributed by atoms with E-state index >= 15 is 0 Å². The molecule has 0 aliphatic carbocycles. The maximum absolute atomic E-state index is 12.8. The number of benzene rings is 4. The molecule has 0 spiro atoms. The summed E-state index contributed by atoms with van der Waals surface area (Å²) in [5.41, 5.74) is 1.83. The van der Waals surface area contributed by atoms with Crippen LogP contribution in [0.4, 0.5) is 5.69 Å². The molecule has 38 heavy (non-hydrogen) atoms. The molecule has 0 unspecified atom stereocenters. The van der Waals surface area contributed by atoms with Gasteiger partial charge < -0.3 is 10.1 Å². The minimum atomic E-state index is -3.58. The van der Waals surface area contributed by atoms with E-state index in [-0.39, 0.29) is 19.1 Å². The zero-order valence-electron chi connectivity index (χ0n) is 20.7. The minimum absolute atomic E-state index is 0.138. The van der Waals surface area contributed by atoms with E-state index in [1.54, 1.807) is 42.5 Å². The highest BCUT2D eigenvalue weighted by atomic mass is 35.5. The molecule has 9 heteroatoms. The largest absolute Gasteiger partial charge is 0.490 e. The van der Waals surface area contributed by atoms with Crippen LogP contribution in [0.2, 0.25) is 5.02 Å². The number of carbonyl (C=O) groups is 1. The third-order valence-corrected chi connectivity index (χ3v) is 8.04. The number of hydrogen-bond donors (Lipinski definition) is 1. The molecule has 196 valence electrons. The summed E-state index contributed by atoms with van der Waals surface area (Å²) in [7, 11) is -3.58. The summed E-state index contributed by atoms with van der Waals surface area (Å²) in [6.45, 7) is 0.722.